The van der Waals surface area contributed by atoms with Crippen LogP contribution in [0, 0.1) is 0 Å². The zero-order valence-electron chi connectivity index (χ0n) is 7.96. The van der Waals surface area contributed by atoms with E-state index in [2.05, 4.69) is 5.32 Å². The van der Waals surface area contributed by atoms with Crippen molar-refractivity contribution in [1.82, 2.24) is 10.2 Å². The van der Waals surface area contributed by atoms with E-state index in [-0.39, 0.29) is 13.1 Å². The third-order valence-electron chi connectivity index (χ3n) is 2.03. The third kappa shape index (κ3) is 2.88. The monoisotopic (exact) mass is 208 g/mol. The number of amides is 1. The molecular weight excluding hydrogens is 194 g/mol. The summed E-state index contributed by atoms with van der Waals surface area (Å²) in [4.78, 5) is 12.1. The molecule has 0 aliphatic carbocycles. The minimum Gasteiger partial charge on any atom is -0.390 e. The lowest BCUT2D eigenvalue weighted by molar-refractivity contribution is -0.155. The largest absolute Gasteiger partial charge is 0.390 e. The Morgan fingerprint density at radius 1 is 1.64 bits per heavy atom. The van der Waals surface area contributed by atoms with Gasteiger partial charge in [0.15, 0.2) is 0 Å². The van der Waals surface area contributed by atoms with Gasteiger partial charge in [0.1, 0.15) is 0 Å². The average Bonchev–Trinajstić information content (AvgIpc) is 2.26. The maximum atomic E-state index is 12.7. The zero-order valence-corrected chi connectivity index (χ0v) is 7.96. The maximum Gasteiger partial charge on any atom is 0.322 e. The van der Waals surface area contributed by atoms with E-state index in [1.54, 1.807) is 0 Å². The number of hydrogen-bond acceptors (Lipinski definition) is 3. The van der Waals surface area contributed by atoms with Crippen molar-refractivity contribution in [1.29, 1.82) is 0 Å². The molecular formula is C8H14F2N2O2. The number of β-amino-alcohol motifs (C(OH)–C–C–N with tert-alkyl or cyclic N) is 1. The van der Waals surface area contributed by atoms with E-state index in [1.165, 1.54) is 0 Å². The lowest BCUT2D eigenvalue weighted by Gasteiger charge is -2.24. The van der Waals surface area contributed by atoms with Crippen molar-refractivity contribution in [3.05, 3.63) is 0 Å². The maximum absolute atomic E-state index is 12.7. The minimum absolute atomic E-state index is 0.0325. The van der Waals surface area contributed by atoms with Crippen LogP contribution in [0.15, 0.2) is 0 Å². The molecule has 1 unspecified atom stereocenters. The van der Waals surface area contributed by atoms with Crippen LogP contribution in [0.25, 0.3) is 0 Å². The van der Waals surface area contributed by atoms with Crippen molar-refractivity contribution in [3.63, 3.8) is 0 Å². The molecule has 0 radical (unpaired) electrons. The van der Waals surface area contributed by atoms with Crippen LogP contribution in [0.2, 0.25) is 0 Å². The van der Waals surface area contributed by atoms with Crippen LogP contribution < -0.4 is 5.32 Å². The van der Waals surface area contributed by atoms with Gasteiger partial charge in [-0.1, -0.05) is 0 Å². The van der Waals surface area contributed by atoms with Crippen LogP contribution >= 0.6 is 0 Å². The van der Waals surface area contributed by atoms with Gasteiger partial charge in [0, 0.05) is 33.1 Å². The van der Waals surface area contributed by atoms with Gasteiger partial charge < -0.3 is 15.3 Å². The number of alkyl halides is 2. The Kier molecular flexibility index (Phi) is 3.38. The molecule has 1 saturated heterocycles. The van der Waals surface area contributed by atoms with Gasteiger partial charge in [0.05, 0.1) is 6.10 Å². The SMILES string of the molecule is CC(F)(F)C(=O)N1CCNCC(O)C1. The first-order valence-corrected chi connectivity index (χ1v) is 4.47. The summed E-state index contributed by atoms with van der Waals surface area (Å²) in [6.07, 6.45) is -0.774. The highest BCUT2D eigenvalue weighted by molar-refractivity contribution is 5.83. The molecule has 1 rings (SSSR count). The minimum atomic E-state index is -3.36. The fourth-order valence-electron chi connectivity index (χ4n) is 1.36. The van der Waals surface area contributed by atoms with Gasteiger partial charge in [-0.05, 0) is 0 Å². The normalized spacial score (nSPS) is 24.6. The Bertz CT molecular complexity index is 218. The number of carbonyl (C=O) groups excluding carboxylic acids is 1. The summed E-state index contributed by atoms with van der Waals surface area (Å²) in [5, 5.41) is 12.1. The Labute approximate surface area is 80.9 Å². The summed E-state index contributed by atoms with van der Waals surface area (Å²) in [6.45, 7) is 1.51. The van der Waals surface area contributed by atoms with E-state index >= 15 is 0 Å². The quantitative estimate of drug-likeness (QED) is 0.607. The van der Waals surface area contributed by atoms with Gasteiger partial charge >= 0.3 is 5.92 Å². The number of nitrogens with zero attached hydrogens (tertiary/aromatic N) is 1. The highest BCUT2D eigenvalue weighted by atomic mass is 19.3. The standard InChI is InChI=1S/C8H14F2N2O2/c1-8(9,10)7(14)12-3-2-11-4-6(13)5-12/h6,11,13H,2-5H2,1H3. The lowest BCUT2D eigenvalue weighted by atomic mass is 10.3. The van der Waals surface area contributed by atoms with Crippen LogP contribution in [-0.2, 0) is 4.79 Å². The van der Waals surface area contributed by atoms with Gasteiger partial charge in [-0.25, -0.2) is 0 Å². The first kappa shape index (κ1) is 11.3. The van der Waals surface area contributed by atoms with Crippen LogP contribution in [0.3, 0.4) is 0 Å². The number of nitrogens with one attached hydrogen (secondary N) is 1. The summed E-state index contributed by atoms with van der Waals surface area (Å²) in [5.41, 5.74) is 0. The Balaban J connectivity index is 2.62. The van der Waals surface area contributed by atoms with E-state index in [1.807, 2.05) is 0 Å². The number of aliphatic hydroxyl groups excluding tert-OH is 1. The molecule has 2 N–H and O–H groups in total. The number of rotatable bonds is 1. The molecule has 0 saturated carbocycles. The lowest BCUT2D eigenvalue weighted by Crippen LogP contribution is -2.45. The molecule has 1 aliphatic heterocycles. The van der Waals surface area contributed by atoms with E-state index in [9.17, 15) is 18.7 Å². The van der Waals surface area contributed by atoms with Gasteiger partial charge in [0.25, 0.3) is 5.91 Å². The smallest absolute Gasteiger partial charge is 0.322 e. The first-order valence-electron chi connectivity index (χ1n) is 4.47. The summed E-state index contributed by atoms with van der Waals surface area (Å²) >= 11 is 0. The Morgan fingerprint density at radius 2 is 2.29 bits per heavy atom. The average molecular weight is 208 g/mol. The molecule has 0 aromatic rings. The molecule has 1 fully saturated rings. The summed E-state index contributed by atoms with van der Waals surface area (Å²) in [7, 11) is 0. The van der Waals surface area contributed by atoms with Gasteiger partial charge in [-0.2, -0.15) is 8.78 Å². The topological polar surface area (TPSA) is 52.6 Å². The molecule has 0 aromatic heterocycles. The first-order chi connectivity index (χ1) is 6.41. The van der Waals surface area contributed by atoms with E-state index in [4.69, 9.17) is 0 Å². The van der Waals surface area contributed by atoms with Crippen LogP contribution in [-0.4, -0.2) is 54.1 Å². The molecule has 1 atom stereocenters. The molecule has 1 amide bonds. The van der Waals surface area contributed by atoms with Gasteiger partial charge in [0.2, 0.25) is 0 Å². The second-order valence-electron chi connectivity index (χ2n) is 3.50. The van der Waals surface area contributed by atoms with Crippen molar-refractivity contribution in [2.75, 3.05) is 26.2 Å². The summed E-state index contributed by atoms with van der Waals surface area (Å²) in [6, 6.07) is 0. The molecule has 0 spiro atoms. The van der Waals surface area contributed by atoms with Crippen LogP contribution in [0.5, 0.6) is 0 Å². The van der Waals surface area contributed by atoms with Gasteiger partial charge in [-0.3, -0.25) is 4.79 Å². The van der Waals surface area contributed by atoms with E-state index in [0.29, 0.717) is 20.0 Å². The van der Waals surface area contributed by atoms with Crippen LogP contribution in [0.4, 0.5) is 8.78 Å². The number of hydrogen-bond donors (Lipinski definition) is 2. The number of carbonyl (C=O) groups is 1. The molecule has 6 heteroatoms. The van der Waals surface area contributed by atoms with E-state index in [0.717, 1.165) is 4.90 Å². The molecule has 82 valence electrons. The Hall–Kier alpha value is -0.750. The van der Waals surface area contributed by atoms with Crippen molar-refractivity contribution in [2.24, 2.45) is 0 Å². The second kappa shape index (κ2) is 4.18. The number of halogens is 2. The summed E-state index contributed by atoms with van der Waals surface area (Å²) in [5.74, 6) is -4.58. The Morgan fingerprint density at radius 3 is 2.86 bits per heavy atom. The predicted octanol–water partition coefficient (Wildman–Crippen LogP) is -0.566. The second-order valence-corrected chi connectivity index (χ2v) is 3.50. The fourth-order valence-corrected chi connectivity index (χ4v) is 1.36. The highest BCUT2D eigenvalue weighted by Crippen LogP contribution is 2.16. The van der Waals surface area contributed by atoms with Crippen LogP contribution in [0.1, 0.15) is 6.92 Å². The summed E-state index contributed by atoms with van der Waals surface area (Å²) < 4.78 is 25.3. The highest BCUT2D eigenvalue weighted by Gasteiger charge is 2.37. The molecule has 0 bridgehead atoms. The number of aliphatic hydroxyl groups is 1. The van der Waals surface area contributed by atoms with E-state index < -0.39 is 17.9 Å². The van der Waals surface area contributed by atoms with Crippen molar-refractivity contribution < 1.29 is 18.7 Å². The molecule has 1 heterocycles. The molecule has 4 nitrogen and oxygen atoms in total. The molecule has 1 aliphatic rings. The predicted molar refractivity (Wildman–Crippen MR) is 46.1 cm³/mol. The van der Waals surface area contributed by atoms with Crippen molar-refractivity contribution >= 4 is 5.91 Å². The fraction of sp³-hybridized carbons (Fsp3) is 0.875. The van der Waals surface area contributed by atoms with Crippen molar-refractivity contribution in [2.45, 2.75) is 19.0 Å². The third-order valence-corrected chi connectivity index (χ3v) is 2.03. The van der Waals surface area contributed by atoms with Gasteiger partial charge in [-0.15, -0.1) is 0 Å². The van der Waals surface area contributed by atoms with Crippen molar-refractivity contribution in [3.8, 4) is 0 Å². The zero-order chi connectivity index (χ0) is 10.8. The molecule has 0 aromatic carbocycles. The molecule has 14 heavy (non-hydrogen) atoms.